The molecule has 16 heavy (non-hydrogen) atoms. The van der Waals surface area contributed by atoms with E-state index in [0.29, 0.717) is 0 Å². The summed E-state index contributed by atoms with van der Waals surface area (Å²) in [6.45, 7) is 5.15. The molecule has 84 valence electrons. The van der Waals surface area contributed by atoms with Gasteiger partial charge in [0, 0.05) is 18.3 Å². The average Bonchev–Trinajstić information content (AvgIpc) is 2.69. The first-order valence-electron chi connectivity index (χ1n) is 5.53. The fraction of sp³-hybridized carbons (Fsp3) is 0.286. The molecule has 0 saturated heterocycles. The van der Waals surface area contributed by atoms with Gasteiger partial charge in [0.05, 0.1) is 12.1 Å². The molecule has 0 aliphatic rings. The zero-order valence-corrected chi connectivity index (χ0v) is 9.77. The Bertz CT molecular complexity index is 519. The van der Waals surface area contributed by atoms with Crippen LogP contribution in [0.4, 0.5) is 0 Å². The zero-order valence-electron chi connectivity index (χ0n) is 9.77. The van der Waals surface area contributed by atoms with Crippen molar-refractivity contribution >= 4 is 10.9 Å². The lowest BCUT2D eigenvalue weighted by Gasteiger charge is -2.06. The van der Waals surface area contributed by atoms with Gasteiger partial charge in [0.15, 0.2) is 0 Å². The van der Waals surface area contributed by atoms with Gasteiger partial charge in [-0.3, -0.25) is 0 Å². The van der Waals surface area contributed by atoms with E-state index in [1.807, 2.05) is 12.1 Å². The number of allylic oxidation sites excluding steroid dienone is 2. The fourth-order valence-corrected chi connectivity index (χ4v) is 1.90. The minimum absolute atomic E-state index is 0.0934. The van der Waals surface area contributed by atoms with Crippen LogP contribution in [0.25, 0.3) is 10.9 Å². The van der Waals surface area contributed by atoms with Crippen molar-refractivity contribution in [3.05, 3.63) is 47.7 Å². The van der Waals surface area contributed by atoms with Crippen LogP contribution in [0.3, 0.4) is 0 Å². The zero-order chi connectivity index (χ0) is 11.5. The Morgan fingerprint density at radius 2 is 2.12 bits per heavy atom. The molecule has 2 nitrogen and oxygen atoms in total. The predicted molar refractivity (Wildman–Crippen MR) is 67.3 cm³/mol. The molecule has 0 spiro atoms. The molecule has 0 bridgehead atoms. The molecular formula is C14H17NO. The Kier molecular flexibility index (Phi) is 3.11. The van der Waals surface area contributed by atoms with Crippen molar-refractivity contribution < 1.29 is 5.11 Å². The maximum Gasteiger partial charge on any atom is 0.0702 e. The molecule has 0 aliphatic heterocycles. The number of hydrogen-bond acceptors (Lipinski definition) is 1. The molecule has 2 heteroatoms. The molecule has 1 heterocycles. The monoisotopic (exact) mass is 215 g/mol. The molecule has 2 aromatic rings. The molecule has 1 aromatic carbocycles. The third kappa shape index (κ3) is 2.02. The lowest BCUT2D eigenvalue weighted by Crippen LogP contribution is -1.97. The van der Waals surface area contributed by atoms with E-state index < -0.39 is 0 Å². The second-order valence-electron chi connectivity index (χ2n) is 4.26. The van der Waals surface area contributed by atoms with Gasteiger partial charge in [-0.25, -0.2) is 0 Å². The topological polar surface area (TPSA) is 25.2 Å². The van der Waals surface area contributed by atoms with Crippen molar-refractivity contribution in [1.29, 1.82) is 0 Å². The van der Waals surface area contributed by atoms with Gasteiger partial charge in [-0.05, 0) is 25.3 Å². The van der Waals surface area contributed by atoms with Crippen molar-refractivity contribution in [2.45, 2.75) is 27.0 Å². The first kappa shape index (κ1) is 11.0. The number of aliphatic hydroxyl groups excluding tert-OH is 1. The van der Waals surface area contributed by atoms with Crippen LogP contribution in [0, 0.1) is 0 Å². The summed E-state index contributed by atoms with van der Waals surface area (Å²) in [5, 5.41) is 10.5. The van der Waals surface area contributed by atoms with Gasteiger partial charge >= 0.3 is 0 Å². The Morgan fingerprint density at radius 3 is 2.81 bits per heavy atom. The Hall–Kier alpha value is -1.54. The minimum atomic E-state index is 0.0934. The molecule has 1 aromatic heterocycles. The van der Waals surface area contributed by atoms with Crippen molar-refractivity contribution in [3.8, 4) is 0 Å². The quantitative estimate of drug-likeness (QED) is 0.782. The van der Waals surface area contributed by atoms with Gasteiger partial charge in [0.1, 0.15) is 0 Å². The normalized spacial score (nSPS) is 10.7. The van der Waals surface area contributed by atoms with E-state index in [2.05, 4.69) is 42.8 Å². The maximum atomic E-state index is 9.33. The van der Waals surface area contributed by atoms with Gasteiger partial charge in [0.25, 0.3) is 0 Å². The third-order valence-corrected chi connectivity index (χ3v) is 2.74. The molecular weight excluding hydrogens is 198 g/mol. The number of benzene rings is 1. The largest absolute Gasteiger partial charge is 0.392 e. The van der Waals surface area contributed by atoms with Gasteiger partial charge < -0.3 is 9.67 Å². The lowest BCUT2D eigenvalue weighted by atomic mass is 10.1. The Morgan fingerprint density at radius 1 is 1.31 bits per heavy atom. The van der Waals surface area contributed by atoms with Crippen molar-refractivity contribution in [1.82, 2.24) is 4.57 Å². The molecule has 1 N–H and O–H groups in total. The average molecular weight is 215 g/mol. The molecule has 0 atom stereocenters. The standard InChI is InChI=1S/C14H17NO/c1-11(2)6-8-15-9-7-12-4-3-5-13(10-16)14(12)15/h3-7,9,16H,8,10H2,1-2H3. The highest BCUT2D eigenvalue weighted by atomic mass is 16.3. The van der Waals surface area contributed by atoms with E-state index in [4.69, 9.17) is 0 Å². The van der Waals surface area contributed by atoms with Crippen LogP contribution in [0.5, 0.6) is 0 Å². The minimum Gasteiger partial charge on any atom is -0.392 e. The summed E-state index contributed by atoms with van der Waals surface area (Å²) in [6, 6.07) is 8.13. The summed E-state index contributed by atoms with van der Waals surface area (Å²) in [7, 11) is 0. The number of rotatable bonds is 3. The summed E-state index contributed by atoms with van der Waals surface area (Å²) in [6.07, 6.45) is 4.26. The summed E-state index contributed by atoms with van der Waals surface area (Å²) in [4.78, 5) is 0. The second-order valence-corrected chi connectivity index (χ2v) is 4.26. The number of hydrogen-bond donors (Lipinski definition) is 1. The van der Waals surface area contributed by atoms with Crippen molar-refractivity contribution in [3.63, 3.8) is 0 Å². The predicted octanol–water partition coefficient (Wildman–Crippen LogP) is 3.10. The van der Waals surface area contributed by atoms with Crippen LogP contribution in [-0.2, 0) is 13.2 Å². The van der Waals surface area contributed by atoms with Gasteiger partial charge in [0.2, 0.25) is 0 Å². The van der Waals surface area contributed by atoms with E-state index in [9.17, 15) is 5.11 Å². The van der Waals surface area contributed by atoms with Crippen LogP contribution < -0.4 is 0 Å². The molecule has 0 unspecified atom stereocenters. The number of para-hydroxylation sites is 1. The highest BCUT2D eigenvalue weighted by Crippen LogP contribution is 2.20. The number of aliphatic hydroxyl groups is 1. The van der Waals surface area contributed by atoms with Crippen molar-refractivity contribution in [2.75, 3.05) is 0 Å². The summed E-state index contributed by atoms with van der Waals surface area (Å²) >= 11 is 0. The number of fused-ring (bicyclic) bond motifs is 1. The molecule has 0 fully saturated rings. The van der Waals surface area contributed by atoms with E-state index in [1.54, 1.807) is 0 Å². The van der Waals surface area contributed by atoms with E-state index in [0.717, 1.165) is 17.6 Å². The molecule has 2 rings (SSSR count). The van der Waals surface area contributed by atoms with Gasteiger partial charge in [-0.1, -0.05) is 29.8 Å². The van der Waals surface area contributed by atoms with E-state index >= 15 is 0 Å². The van der Waals surface area contributed by atoms with Gasteiger partial charge in [-0.2, -0.15) is 0 Å². The van der Waals surface area contributed by atoms with Crippen LogP contribution in [0.1, 0.15) is 19.4 Å². The third-order valence-electron chi connectivity index (χ3n) is 2.74. The van der Waals surface area contributed by atoms with Crippen LogP contribution in [0.15, 0.2) is 42.1 Å². The maximum absolute atomic E-state index is 9.33. The summed E-state index contributed by atoms with van der Waals surface area (Å²) in [5.74, 6) is 0. The highest BCUT2D eigenvalue weighted by Gasteiger charge is 2.04. The fourth-order valence-electron chi connectivity index (χ4n) is 1.90. The molecule has 0 aliphatic carbocycles. The highest BCUT2D eigenvalue weighted by molar-refractivity contribution is 5.83. The first-order valence-corrected chi connectivity index (χ1v) is 5.53. The first-order chi connectivity index (χ1) is 7.72. The Balaban J connectivity index is 2.49. The Labute approximate surface area is 95.8 Å². The summed E-state index contributed by atoms with van der Waals surface area (Å²) in [5.41, 5.74) is 3.44. The van der Waals surface area contributed by atoms with Crippen LogP contribution in [0.2, 0.25) is 0 Å². The van der Waals surface area contributed by atoms with E-state index in [1.165, 1.54) is 11.0 Å². The SMILES string of the molecule is CC(C)=CCn1ccc2cccc(CO)c21. The van der Waals surface area contributed by atoms with Crippen LogP contribution in [-0.4, -0.2) is 9.67 Å². The smallest absolute Gasteiger partial charge is 0.0702 e. The van der Waals surface area contributed by atoms with Crippen LogP contribution >= 0.6 is 0 Å². The van der Waals surface area contributed by atoms with E-state index in [-0.39, 0.29) is 6.61 Å². The molecule has 0 amide bonds. The summed E-state index contributed by atoms with van der Waals surface area (Å²) < 4.78 is 2.17. The number of nitrogens with zero attached hydrogens (tertiary/aromatic N) is 1. The second kappa shape index (κ2) is 4.54. The molecule has 0 radical (unpaired) electrons. The number of aromatic nitrogens is 1. The van der Waals surface area contributed by atoms with Crippen molar-refractivity contribution in [2.24, 2.45) is 0 Å². The molecule has 0 saturated carbocycles. The lowest BCUT2D eigenvalue weighted by molar-refractivity contribution is 0.283. The van der Waals surface area contributed by atoms with Gasteiger partial charge in [-0.15, -0.1) is 0 Å².